The molecule has 0 radical (unpaired) electrons. The Morgan fingerprint density at radius 3 is 2.57 bits per heavy atom. The van der Waals surface area contributed by atoms with Crippen LogP contribution in [0.3, 0.4) is 0 Å². The van der Waals surface area contributed by atoms with Gasteiger partial charge in [-0.1, -0.05) is 42.5 Å². The second-order valence-electron chi connectivity index (χ2n) is 5.58. The zero-order valence-electron chi connectivity index (χ0n) is 13.4. The standard InChI is InChI=1S/C19H23NO3/c1-23-14-18(13-15-6-3-2-4-7-15)20-17-9-5-8-16(12-17)10-11-19(21)22/h2-9,12,18,20H,10-11,13-14H2,1H3,(H,21,22). The van der Waals surface area contributed by atoms with E-state index in [4.69, 9.17) is 9.84 Å². The maximum atomic E-state index is 10.7. The van der Waals surface area contributed by atoms with Crippen LogP contribution in [-0.4, -0.2) is 30.8 Å². The van der Waals surface area contributed by atoms with Gasteiger partial charge in [-0.05, 0) is 36.1 Å². The Morgan fingerprint density at radius 2 is 1.87 bits per heavy atom. The van der Waals surface area contributed by atoms with Gasteiger partial charge < -0.3 is 15.2 Å². The third kappa shape index (κ3) is 6.12. The lowest BCUT2D eigenvalue weighted by Gasteiger charge is -2.20. The third-order valence-corrected chi connectivity index (χ3v) is 3.62. The highest BCUT2D eigenvalue weighted by molar-refractivity contribution is 5.67. The van der Waals surface area contributed by atoms with Crippen molar-refractivity contribution >= 4 is 11.7 Å². The molecule has 0 saturated carbocycles. The molecular weight excluding hydrogens is 290 g/mol. The second kappa shape index (κ2) is 8.96. The van der Waals surface area contributed by atoms with E-state index >= 15 is 0 Å². The molecule has 2 aromatic carbocycles. The summed E-state index contributed by atoms with van der Waals surface area (Å²) >= 11 is 0. The maximum Gasteiger partial charge on any atom is 0.303 e. The fourth-order valence-electron chi connectivity index (χ4n) is 2.56. The minimum atomic E-state index is -0.773. The summed E-state index contributed by atoms with van der Waals surface area (Å²) in [7, 11) is 1.70. The molecule has 0 aliphatic rings. The molecule has 2 rings (SSSR count). The number of benzene rings is 2. The van der Waals surface area contributed by atoms with Crippen molar-refractivity contribution in [2.75, 3.05) is 19.0 Å². The molecule has 122 valence electrons. The van der Waals surface area contributed by atoms with Crippen molar-refractivity contribution in [3.05, 3.63) is 65.7 Å². The monoisotopic (exact) mass is 313 g/mol. The van der Waals surface area contributed by atoms with Gasteiger partial charge in [-0.25, -0.2) is 0 Å². The second-order valence-corrected chi connectivity index (χ2v) is 5.58. The number of anilines is 1. The number of carboxylic acid groups (broad SMARTS) is 1. The number of carboxylic acids is 1. The van der Waals surface area contributed by atoms with E-state index in [1.807, 2.05) is 42.5 Å². The predicted octanol–water partition coefficient (Wildman–Crippen LogP) is 3.37. The summed E-state index contributed by atoms with van der Waals surface area (Å²) in [6, 6.07) is 18.4. The smallest absolute Gasteiger partial charge is 0.303 e. The lowest BCUT2D eigenvalue weighted by atomic mass is 10.1. The number of ether oxygens (including phenoxy) is 1. The van der Waals surface area contributed by atoms with Gasteiger partial charge in [0.15, 0.2) is 0 Å². The van der Waals surface area contributed by atoms with Gasteiger partial charge in [0.1, 0.15) is 0 Å². The molecule has 0 aliphatic heterocycles. The predicted molar refractivity (Wildman–Crippen MR) is 91.8 cm³/mol. The summed E-state index contributed by atoms with van der Waals surface area (Å²) in [6.07, 6.45) is 1.56. The van der Waals surface area contributed by atoms with Gasteiger partial charge >= 0.3 is 5.97 Å². The first-order valence-corrected chi connectivity index (χ1v) is 7.77. The van der Waals surface area contributed by atoms with Gasteiger partial charge in [-0.3, -0.25) is 4.79 Å². The number of carbonyl (C=O) groups is 1. The number of methoxy groups -OCH3 is 1. The van der Waals surface area contributed by atoms with Crippen LogP contribution in [0.1, 0.15) is 17.5 Å². The molecule has 0 heterocycles. The molecule has 0 amide bonds. The van der Waals surface area contributed by atoms with E-state index in [1.165, 1.54) is 5.56 Å². The van der Waals surface area contributed by atoms with Crippen LogP contribution in [-0.2, 0) is 22.4 Å². The zero-order valence-corrected chi connectivity index (χ0v) is 13.4. The van der Waals surface area contributed by atoms with E-state index in [9.17, 15) is 4.79 Å². The largest absolute Gasteiger partial charge is 0.481 e. The van der Waals surface area contributed by atoms with Crippen LogP contribution < -0.4 is 5.32 Å². The molecule has 1 unspecified atom stereocenters. The van der Waals surface area contributed by atoms with Crippen LogP contribution in [0, 0.1) is 0 Å². The normalized spacial score (nSPS) is 11.9. The topological polar surface area (TPSA) is 58.6 Å². The average Bonchev–Trinajstić information content (AvgIpc) is 2.54. The van der Waals surface area contributed by atoms with Gasteiger partial charge in [0, 0.05) is 19.2 Å². The van der Waals surface area contributed by atoms with E-state index < -0.39 is 5.97 Å². The van der Waals surface area contributed by atoms with E-state index in [2.05, 4.69) is 17.4 Å². The van der Waals surface area contributed by atoms with E-state index in [-0.39, 0.29) is 12.5 Å². The summed E-state index contributed by atoms with van der Waals surface area (Å²) in [5, 5.41) is 12.3. The molecular formula is C19H23NO3. The van der Waals surface area contributed by atoms with Gasteiger partial charge in [0.25, 0.3) is 0 Å². The van der Waals surface area contributed by atoms with Crippen molar-refractivity contribution in [3.8, 4) is 0 Å². The SMILES string of the molecule is COCC(Cc1ccccc1)Nc1cccc(CCC(=O)O)c1. The first kappa shape index (κ1) is 17.0. The van der Waals surface area contributed by atoms with Crippen LogP contribution >= 0.6 is 0 Å². The highest BCUT2D eigenvalue weighted by Gasteiger charge is 2.10. The maximum absolute atomic E-state index is 10.7. The molecule has 0 fully saturated rings. The molecule has 0 aliphatic carbocycles. The lowest BCUT2D eigenvalue weighted by Crippen LogP contribution is -2.27. The zero-order chi connectivity index (χ0) is 16.5. The first-order valence-electron chi connectivity index (χ1n) is 7.77. The van der Waals surface area contributed by atoms with Crippen molar-refractivity contribution in [1.82, 2.24) is 0 Å². The molecule has 0 aromatic heterocycles. The van der Waals surface area contributed by atoms with Crippen LogP contribution in [0.25, 0.3) is 0 Å². The molecule has 0 saturated heterocycles. The summed E-state index contributed by atoms with van der Waals surface area (Å²) in [4.78, 5) is 10.7. The first-order chi connectivity index (χ1) is 11.2. The summed E-state index contributed by atoms with van der Waals surface area (Å²) < 4.78 is 5.32. The average molecular weight is 313 g/mol. The Morgan fingerprint density at radius 1 is 1.13 bits per heavy atom. The Labute approximate surface area is 137 Å². The van der Waals surface area contributed by atoms with Crippen molar-refractivity contribution < 1.29 is 14.6 Å². The molecule has 2 aromatic rings. The Balaban J connectivity index is 2.01. The summed E-state index contributed by atoms with van der Waals surface area (Å²) in [5.74, 6) is -0.773. The highest BCUT2D eigenvalue weighted by atomic mass is 16.5. The molecule has 23 heavy (non-hydrogen) atoms. The number of hydrogen-bond acceptors (Lipinski definition) is 3. The number of hydrogen-bond donors (Lipinski definition) is 2. The van der Waals surface area contributed by atoms with Crippen LogP contribution in [0.2, 0.25) is 0 Å². The lowest BCUT2D eigenvalue weighted by molar-refractivity contribution is -0.136. The molecule has 2 N–H and O–H groups in total. The molecule has 0 bridgehead atoms. The van der Waals surface area contributed by atoms with Gasteiger partial charge in [-0.15, -0.1) is 0 Å². The van der Waals surface area contributed by atoms with Gasteiger partial charge in [-0.2, -0.15) is 0 Å². The van der Waals surface area contributed by atoms with Crippen molar-refractivity contribution in [2.45, 2.75) is 25.3 Å². The van der Waals surface area contributed by atoms with Crippen LogP contribution in [0.15, 0.2) is 54.6 Å². The summed E-state index contributed by atoms with van der Waals surface area (Å²) in [5.41, 5.74) is 3.27. The fourth-order valence-corrected chi connectivity index (χ4v) is 2.56. The Hall–Kier alpha value is -2.33. The van der Waals surface area contributed by atoms with Crippen molar-refractivity contribution in [1.29, 1.82) is 0 Å². The van der Waals surface area contributed by atoms with Crippen LogP contribution in [0.4, 0.5) is 5.69 Å². The number of rotatable bonds is 9. The van der Waals surface area contributed by atoms with E-state index in [0.29, 0.717) is 13.0 Å². The third-order valence-electron chi connectivity index (χ3n) is 3.62. The number of aryl methyl sites for hydroxylation is 1. The van der Waals surface area contributed by atoms with Crippen LogP contribution in [0.5, 0.6) is 0 Å². The minimum absolute atomic E-state index is 0.148. The molecule has 1 atom stereocenters. The highest BCUT2D eigenvalue weighted by Crippen LogP contribution is 2.15. The Bertz CT molecular complexity index is 613. The van der Waals surface area contributed by atoms with Gasteiger partial charge in [0.2, 0.25) is 0 Å². The number of nitrogens with one attached hydrogen (secondary N) is 1. The van der Waals surface area contributed by atoms with Crippen molar-refractivity contribution in [3.63, 3.8) is 0 Å². The van der Waals surface area contributed by atoms with E-state index in [0.717, 1.165) is 17.7 Å². The Kier molecular flexibility index (Phi) is 6.63. The quantitative estimate of drug-likeness (QED) is 0.745. The molecule has 0 spiro atoms. The summed E-state index contributed by atoms with van der Waals surface area (Å²) in [6.45, 7) is 0.605. The van der Waals surface area contributed by atoms with Gasteiger partial charge in [0.05, 0.1) is 12.6 Å². The fraction of sp³-hybridized carbons (Fsp3) is 0.316. The minimum Gasteiger partial charge on any atom is -0.481 e. The number of aliphatic carboxylic acids is 1. The van der Waals surface area contributed by atoms with Crippen molar-refractivity contribution in [2.24, 2.45) is 0 Å². The molecule has 4 nitrogen and oxygen atoms in total. The molecule has 4 heteroatoms. The van der Waals surface area contributed by atoms with E-state index in [1.54, 1.807) is 7.11 Å².